The molecule has 0 aliphatic carbocycles. The molecule has 5 nitrogen and oxygen atoms in total. The predicted octanol–water partition coefficient (Wildman–Crippen LogP) is 2.56. The molecule has 1 N–H and O–H groups in total. The van der Waals surface area contributed by atoms with Crippen molar-refractivity contribution in [1.82, 2.24) is 15.1 Å². The monoisotopic (exact) mass is 305 g/mol. The normalized spacial score (nSPS) is 18.1. The number of thiophene rings is 1. The number of H-pyrrole nitrogens is 1. The highest BCUT2D eigenvalue weighted by Gasteiger charge is 2.26. The van der Waals surface area contributed by atoms with Gasteiger partial charge in [0.25, 0.3) is 5.91 Å². The summed E-state index contributed by atoms with van der Waals surface area (Å²) in [5.74, 6) is 0.264. The Balaban J connectivity index is 1.74. The molecule has 21 heavy (non-hydrogen) atoms. The van der Waals surface area contributed by atoms with Crippen LogP contribution < -0.4 is 0 Å². The molecule has 3 heterocycles. The second-order valence-corrected chi connectivity index (χ2v) is 6.80. The van der Waals surface area contributed by atoms with Gasteiger partial charge in [-0.2, -0.15) is 5.10 Å². The summed E-state index contributed by atoms with van der Waals surface area (Å²) in [6.07, 6.45) is 2.57. The van der Waals surface area contributed by atoms with E-state index in [0.29, 0.717) is 18.7 Å². The maximum absolute atomic E-state index is 12.6. The molecule has 0 unspecified atom stereocenters. The standard InChI is InChI=1S/C15H19N3O2S/c1-10-3-4-12(21-10)8-18(2)15(19)13-7-16-17-14(13)11-5-6-20-9-11/h3-4,7,11H,5-6,8-9H2,1-2H3,(H,16,17)/t11-/m0/s1. The van der Waals surface area contributed by atoms with Gasteiger partial charge in [0, 0.05) is 29.3 Å². The zero-order valence-electron chi connectivity index (χ0n) is 12.3. The maximum Gasteiger partial charge on any atom is 0.257 e. The van der Waals surface area contributed by atoms with Crippen molar-refractivity contribution in [2.75, 3.05) is 20.3 Å². The van der Waals surface area contributed by atoms with Crippen molar-refractivity contribution >= 4 is 17.2 Å². The number of carbonyl (C=O) groups excluding carboxylic acids is 1. The Hall–Kier alpha value is -1.66. The van der Waals surface area contributed by atoms with Gasteiger partial charge in [-0.15, -0.1) is 11.3 Å². The van der Waals surface area contributed by atoms with Gasteiger partial charge < -0.3 is 9.64 Å². The summed E-state index contributed by atoms with van der Waals surface area (Å²) < 4.78 is 5.40. The van der Waals surface area contributed by atoms with Crippen molar-refractivity contribution < 1.29 is 9.53 Å². The second-order valence-electron chi connectivity index (χ2n) is 5.43. The van der Waals surface area contributed by atoms with Crippen LogP contribution in [0.1, 0.15) is 38.1 Å². The van der Waals surface area contributed by atoms with Gasteiger partial charge in [-0.1, -0.05) is 0 Å². The quantitative estimate of drug-likeness (QED) is 0.944. The lowest BCUT2D eigenvalue weighted by Gasteiger charge is -2.17. The van der Waals surface area contributed by atoms with Gasteiger partial charge in [-0.3, -0.25) is 9.89 Å². The average Bonchev–Trinajstić information content (AvgIpc) is 3.18. The van der Waals surface area contributed by atoms with Gasteiger partial charge >= 0.3 is 0 Å². The summed E-state index contributed by atoms with van der Waals surface area (Å²) in [6.45, 7) is 4.12. The highest BCUT2D eigenvalue weighted by molar-refractivity contribution is 7.11. The molecule has 0 spiro atoms. The molecule has 1 saturated heterocycles. The number of carbonyl (C=O) groups is 1. The fourth-order valence-corrected chi connectivity index (χ4v) is 3.57. The fourth-order valence-electron chi connectivity index (χ4n) is 2.62. The van der Waals surface area contributed by atoms with Crippen LogP contribution in [0.5, 0.6) is 0 Å². The van der Waals surface area contributed by atoms with Gasteiger partial charge in [0.15, 0.2) is 0 Å². The van der Waals surface area contributed by atoms with E-state index >= 15 is 0 Å². The lowest BCUT2D eigenvalue weighted by Crippen LogP contribution is -2.26. The van der Waals surface area contributed by atoms with Gasteiger partial charge in [0.1, 0.15) is 0 Å². The number of nitrogens with one attached hydrogen (secondary N) is 1. The SMILES string of the molecule is Cc1ccc(CN(C)C(=O)c2cn[nH]c2[C@H]2CCOC2)s1. The van der Waals surface area contributed by atoms with Crippen LogP contribution in [-0.4, -0.2) is 41.3 Å². The van der Waals surface area contributed by atoms with E-state index < -0.39 is 0 Å². The van der Waals surface area contributed by atoms with E-state index in [1.807, 2.05) is 7.05 Å². The molecule has 0 radical (unpaired) electrons. The fraction of sp³-hybridized carbons (Fsp3) is 0.467. The van der Waals surface area contributed by atoms with E-state index in [1.54, 1.807) is 22.4 Å². The smallest absolute Gasteiger partial charge is 0.257 e. The Kier molecular flexibility index (Phi) is 4.07. The lowest BCUT2D eigenvalue weighted by atomic mass is 10.0. The molecule has 1 aliphatic heterocycles. The molecule has 0 saturated carbocycles. The molecular weight excluding hydrogens is 286 g/mol. The number of rotatable bonds is 4. The van der Waals surface area contributed by atoms with Crippen molar-refractivity contribution in [2.45, 2.75) is 25.8 Å². The highest BCUT2D eigenvalue weighted by Crippen LogP contribution is 2.27. The predicted molar refractivity (Wildman–Crippen MR) is 81.6 cm³/mol. The van der Waals surface area contributed by atoms with Crippen molar-refractivity contribution in [2.24, 2.45) is 0 Å². The molecule has 1 aliphatic rings. The van der Waals surface area contributed by atoms with Crippen molar-refractivity contribution in [3.8, 4) is 0 Å². The van der Waals surface area contributed by atoms with Crippen LogP contribution in [0.25, 0.3) is 0 Å². The summed E-state index contributed by atoms with van der Waals surface area (Å²) >= 11 is 1.72. The Labute approximate surface area is 127 Å². The van der Waals surface area contributed by atoms with Crippen LogP contribution in [0.3, 0.4) is 0 Å². The summed E-state index contributed by atoms with van der Waals surface area (Å²) in [4.78, 5) is 16.8. The molecule has 1 atom stereocenters. The van der Waals surface area contributed by atoms with Gasteiger partial charge in [0.2, 0.25) is 0 Å². The topological polar surface area (TPSA) is 58.2 Å². The van der Waals surface area contributed by atoms with E-state index in [-0.39, 0.29) is 11.8 Å². The number of aromatic amines is 1. The molecule has 0 aromatic carbocycles. The Bertz CT molecular complexity index is 628. The lowest BCUT2D eigenvalue weighted by molar-refractivity contribution is 0.0785. The number of hydrogen-bond donors (Lipinski definition) is 1. The van der Waals surface area contributed by atoms with Crippen LogP contribution in [-0.2, 0) is 11.3 Å². The van der Waals surface area contributed by atoms with Crippen molar-refractivity contribution in [1.29, 1.82) is 0 Å². The molecule has 3 rings (SSSR count). The number of nitrogens with zero attached hydrogens (tertiary/aromatic N) is 2. The summed E-state index contributed by atoms with van der Waals surface area (Å²) in [7, 11) is 1.83. The van der Waals surface area contributed by atoms with Crippen molar-refractivity contribution in [3.63, 3.8) is 0 Å². The molecule has 0 bridgehead atoms. The zero-order valence-corrected chi connectivity index (χ0v) is 13.1. The third-order valence-corrected chi connectivity index (χ3v) is 4.76. The van der Waals surface area contributed by atoms with E-state index in [0.717, 1.165) is 18.7 Å². The molecule has 2 aromatic rings. The van der Waals surface area contributed by atoms with Crippen molar-refractivity contribution in [3.05, 3.63) is 39.3 Å². The molecule has 2 aromatic heterocycles. The van der Waals surface area contributed by atoms with Crippen LogP contribution in [0, 0.1) is 6.92 Å². The zero-order chi connectivity index (χ0) is 14.8. The molecule has 6 heteroatoms. The minimum Gasteiger partial charge on any atom is -0.381 e. The molecular formula is C15H19N3O2S. The number of amides is 1. The van der Waals surface area contributed by atoms with E-state index in [4.69, 9.17) is 4.74 Å². The van der Waals surface area contributed by atoms with Gasteiger partial charge in [-0.25, -0.2) is 0 Å². The van der Waals surface area contributed by atoms with Crippen LogP contribution in [0.2, 0.25) is 0 Å². The summed E-state index contributed by atoms with van der Waals surface area (Å²) in [5, 5.41) is 7.03. The number of aryl methyl sites for hydroxylation is 1. The first kappa shape index (κ1) is 14.3. The van der Waals surface area contributed by atoms with E-state index in [1.165, 1.54) is 9.75 Å². The number of ether oxygens (including phenoxy) is 1. The van der Waals surface area contributed by atoms with E-state index in [9.17, 15) is 4.79 Å². The summed E-state index contributed by atoms with van der Waals surface area (Å²) in [6, 6.07) is 4.16. The minimum absolute atomic E-state index is 0.0108. The third-order valence-electron chi connectivity index (χ3n) is 3.77. The Morgan fingerprint density at radius 1 is 1.57 bits per heavy atom. The number of hydrogen-bond acceptors (Lipinski definition) is 4. The molecule has 112 valence electrons. The van der Waals surface area contributed by atoms with Crippen LogP contribution in [0.4, 0.5) is 0 Å². The second kappa shape index (κ2) is 5.99. The van der Waals surface area contributed by atoms with Gasteiger partial charge in [-0.05, 0) is 25.5 Å². The first-order chi connectivity index (χ1) is 10.1. The largest absolute Gasteiger partial charge is 0.381 e. The molecule has 1 fully saturated rings. The first-order valence-electron chi connectivity index (χ1n) is 7.07. The number of aromatic nitrogens is 2. The minimum atomic E-state index is 0.0108. The maximum atomic E-state index is 12.6. The van der Waals surface area contributed by atoms with Crippen LogP contribution in [0.15, 0.2) is 18.3 Å². The first-order valence-corrected chi connectivity index (χ1v) is 7.88. The average molecular weight is 305 g/mol. The Morgan fingerprint density at radius 2 is 2.43 bits per heavy atom. The Morgan fingerprint density at radius 3 is 3.10 bits per heavy atom. The third kappa shape index (κ3) is 3.01. The van der Waals surface area contributed by atoms with Gasteiger partial charge in [0.05, 0.1) is 30.6 Å². The summed E-state index contributed by atoms with van der Waals surface area (Å²) in [5.41, 5.74) is 1.58. The van der Waals surface area contributed by atoms with E-state index in [2.05, 4.69) is 29.3 Å². The highest BCUT2D eigenvalue weighted by atomic mass is 32.1. The van der Waals surface area contributed by atoms with Crippen LogP contribution >= 0.6 is 11.3 Å². The molecule has 1 amide bonds.